The SMILES string of the molecule is Cc1c(C(=O)CSc2nnc(C3CC3)n2Cc2ccccc2)sc2ccccc12. The molecule has 5 rings (SSSR count). The van der Waals surface area contributed by atoms with Crippen LogP contribution in [0.15, 0.2) is 59.8 Å². The van der Waals surface area contributed by atoms with E-state index in [1.54, 1.807) is 11.3 Å². The van der Waals surface area contributed by atoms with Crippen molar-refractivity contribution < 1.29 is 4.79 Å². The highest BCUT2D eigenvalue weighted by molar-refractivity contribution is 7.99. The van der Waals surface area contributed by atoms with E-state index in [-0.39, 0.29) is 5.78 Å². The van der Waals surface area contributed by atoms with Crippen molar-refractivity contribution >= 4 is 39.0 Å². The minimum absolute atomic E-state index is 0.163. The Morgan fingerprint density at radius 1 is 1.10 bits per heavy atom. The maximum Gasteiger partial charge on any atom is 0.191 e. The monoisotopic (exact) mass is 419 g/mol. The fourth-order valence-corrected chi connectivity index (χ4v) is 5.66. The molecule has 0 radical (unpaired) electrons. The van der Waals surface area contributed by atoms with Crippen molar-refractivity contribution in [3.05, 3.63) is 76.4 Å². The maximum absolute atomic E-state index is 13.0. The lowest BCUT2D eigenvalue weighted by atomic mass is 10.1. The second-order valence-electron chi connectivity index (χ2n) is 7.45. The van der Waals surface area contributed by atoms with Gasteiger partial charge in [0, 0.05) is 10.6 Å². The van der Waals surface area contributed by atoms with Crippen molar-refractivity contribution in [3.8, 4) is 0 Å². The molecule has 2 heterocycles. The summed E-state index contributed by atoms with van der Waals surface area (Å²) in [6, 6.07) is 18.6. The average molecular weight is 420 g/mol. The van der Waals surface area contributed by atoms with E-state index < -0.39 is 0 Å². The van der Waals surface area contributed by atoms with Gasteiger partial charge < -0.3 is 4.57 Å². The van der Waals surface area contributed by atoms with Crippen LogP contribution in [0, 0.1) is 6.92 Å². The van der Waals surface area contributed by atoms with Gasteiger partial charge in [-0.1, -0.05) is 60.3 Å². The quantitative estimate of drug-likeness (QED) is 0.285. The zero-order chi connectivity index (χ0) is 19.8. The van der Waals surface area contributed by atoms with Gasteiger partial charge in [-0.25, -0.2) is 0 Å². The van der Waals surface area contributed by atoms with Crippen molar-refractivity contribution in [2.45, 2.75) is 37.4 Å². The second-order valence-corrected chi connectivity index (χ2v) is 9.45. The number of nitrogens with zero attached hydrogens (tertiary/aromatic N) is 3. The van der Waals surface area contributed by atoms with Gasteiger partial charge in [0.1, 0.15) is 5.82 Å². The van der Waals surface area contributed by atoms with Crippen molar-refractivity contribution in [2.75, 3.05) is 5.75 Å². The summed E-state index contributed by atoms with van der Waals surface area (Å²) in [5.41, 5.74) is 2.31. The number of hydrogen-bond acceptors (Lipinski definition) is 5. The van der Waals surface area contributed by atoms with Crippen LogP contribution in [0.1, 0.15) is 45.4 Å². The minimum atomic E-state index is 0.163. The fourth-order valence-electron chi connectivity index (χ4n) is 3.60. The molecule has 0 unspecified atom stereocenters. The number of thioether (sulfide) groups is 1. The first-order valence-corrected chi connectivity index (χ1v) is 11.6. The Kier molecular flexibility index (Phi) is 4.97. The zero-order valence-corrected chi connectivity index (χ0v) is 17.8. The Morgan fingerprint density at radius 2 is 1.86 bits per heavy atom. The summed E-state index contributed by atoms with van der Waals surface area (Å²) < 4.78 is 3.37. The van der Waals surface area contributed by atoms with Gasteiger partial charge in [0.15, 0.2) is 10.9 Å². The van der Waals surface area contributed by atoms with Gasteiger partial charge in [-0.2, -0.15) is 0 Å². The van der Waals surface area contributed by atoms with Gasteiger partial charge in [-0.3, -0.25) is 4.79 Å². The molecule has 146 valence electrons. The zero-order valence-electron chi connectivity index (χ0n) is 16.2. The van der Waals surface area contributed by atoms with E-state index in [0.29, 0.717) is 11.7 Å². The number of rotatable bonds is 7. The number of thiophene rings is 1. The van der Waals surface area contributed by atoms with E-state index >= 15 is 0 Å². The number of carbonyl (C=O) groups excluding carboxylic acids is 1. The van der Waals surface area contributed by atoms with Gasteiger partial charge >= 0.3 is 0 Å². The Morgan fingerprint density at radius 3 is 2.62 bits per heavy atom. The highest BCUT2D eigenvalue weighted by Gasteiger charge is 2.30. The third-order valence-electron chi connectivity index (χ3n) is 5.30. The van der Waals surface area contributed by atoms with E-state index in [1.165, 1.54) is 40.3 Å². The molecule has 0 atom stereocenters. The topological polar surface area (TPSA) is 47.8 Å². The first-order chi connectivity index (χ1) is 14.2. The van der Waals surface area contributed by atoms with Crippen molar-refractivity contribution in [2.24, 2.45) is 0 Å². The van der Waals surface area contributed by atoms with Crippen LogP contribution in [0.3, 0.4) is 0 Å². The van der Waals surface area contributed by atoms with Crippen molar-refractivity contribution in [3.63, 3.8) is 0 Å². The first-order valence-electron chi connectivity index (χ1n) is 9.82. The lowest BCUT2D eigenvalue weighted by Crippen LogP contribution is -2.08. The smallest absolute Gasteiger partial charge is 0.191 e. The number of benzene rings is 2. The normalized spacial score (nSPS) is 13.8. The lowest BCUT2D eigenvalue weighted by molar-refractivity contribution is 0.102. The predicted octanol–water partition coefficient (Wildman–Crippen LogP) is 5.70. The van der Waals surface area contributed by atoms with Crippen LogP contribution in [-0.2, 0) is 6.54 Å². The molecule has 29 heavy (non-hydrogen) atoms. The molecule has 6 heteroatoms. The standard InChI is InChI=1S/C23H21N3OS2/c1-15-18-9-5-6-10-20(18)29-21(15)19(27)14-28-23-25-24-22(17-11-12-17)26(23)13-16-7-3-2-4-8-16/h2-10,17H,11-14H2,1H3. The molecule has 1 aliphatic carbocycles. The molecule has 0 aliphatic heterocycles. The summed E-state index contributed by atoms with van der Waals surface area (Å²) in [5, 5.41) is 10.9. The second kappa shape index (κ2) is 7.76. The number of ketones is 1. The Labute approximate surface area is 178 Å². The van der Waals surface area contributed by atoms with Crippen LogP contribution >= 0.6 is 23.1 Å². The van der Waals surface area contributed by atoms with Crippen molar-refractivity contribution in [1.82, 2.24) is 14.8 Å². The molecule has 0 spiro atoms. The number of aryl methyl sites for hydroxylation is 1. The molecule has 0 bridgehead atoms. The number of Topliss-reactive ketones (excluding diaryl/α,β-unsaturated/α-hetero) is 1. The molecule has 2 aromatic carbocycles. The Bertz CT molecular complexity index is 1180. The molecule has 1 aliphatic rings. The predicted molar refractivity (Wildman–Crippen MR) is 119 cm³/mol. The number of fused-ring (bicyclic) bond motifs is 1. The van der Waals surface area contributed by atoms with Crippen LogP contribution in [-0.4, -0.2) is 26.3 Å². The highest BCUT2D eigenvalue weighted by atomic mass is 32.2. The molecule has 0 saturated heterocycles. The lowest BCUT2D eigenvalue weighted by Gasteiger charge is -2.09. The van der Waals surface area contributed by atoms with Crippen LogP contribution in [0.2, 0.25) is 0 Å². The van der Waals surface area contributed by atoms with E-state index in [4.69, 9.17) is 0 Å². The van der Waals surface area contributed by atoms with Crippen LogP contribution in [0.5, 0.6) is 0 Å². The average Bonchev–Trinajstić information content (AvgIpc) is 3.44. The molecule has 4 nitrogen and oxygen atoms in total. The van der Waals surface area contributed by atoms with Crippen molar-refractivity contribution in [1.29, 1.82) is 0 Å². The summed E-state index contributed by atoms with van der Waals surface area (Å²) in [7, 11) is 0. The molecule has 4 aromatic rings. The van der Waals surface area contributed by atoms with Gasteiger partial charge in [-0.05, 0) is 42.3 Å². The third kappa shape index (κ3) is 3.74. The van der Waals surface area contributed by atoms with Gasteiger partial charge in [0.2, 0.25) is 0 Å². The summed E-state index contributed by atoms with van der Waals surface area (Å²) in [5.74, 6) is 2.12. The van der Waals surface area contributed by atoms with E-state index in [1.807, 2.05) is 25.1 Å². The Balaban J connectivity index is 1.37. The maximum atomic E-state index is 13.0. The third-order valence-corrected chi connectivity index (χ3v) is 7.58. The number of carbonyl (C=O) groups is 1. The van der Waals surface area contributed by atoms with Gasteiger partial charge in [0.25, 0.3) is 0 Å². The molecular weight excluding hydrogens is 398 g/mol. The van der Waals surface area contributed by atoms with Gasteiger partial charge in [-0.15, -0.1) is 21.5 Å². The fraction of sp³-hybridized carbons (Fsp3) is 0.261. The summed E-state index contributed by atoms with van der Waals surface area (Å²) >= 11 is 3.09. The number of aromatic nitrogens is 3. The van der Waals surface area contributed by atoms with Crippen LogP contribution < -0.4 is 0 Å². The summed E-state index contributed by atoms with van der Waals surface area (Å²) in [6.07, 6.45) is 2.36. The molecule has 0 amide bonds. The summed E-state index contributed by atoms with van der Waals surface area (Å²) in [6.45, 7) is 2.79. The molecule has 2 aromatic heterocycles. The summed E-state index contributed by atoms with van der Waals surface area (Å²) in [4.78, 5) is 13.8. The minimum Gasteiger partial charge on any atom is -0.301 e. The number of hydrogen-bond donors (Lipinski definition) is 0. The molecule has 1 saturated carbocycles. The first kappa shape index (κ1) is 18.6. The largest absolute Gasteiger partial charge is 0.301 e. The van der Waals surface area contributed by atoms with E-state index in [9.17, 15) is 4.79 Å². The molecule has 1 fully saturated rings. The van der Waals surface area contributed by atoms with Crippen LogP contribution in [0.4, 0.5) is 0 Å². The Hall–Kier alpha value is -2.44. The van der Waals surface area contributed by atoms with Gasteiger partial charge in [0.05, 0.1) is 17.2 Å². The van der Waals surface area contributed by atoms with E-state index in [2.05, 4.69) is 51.2 Å². The molecule has 0 N–H and O–H groups in total. The highest BCUT2D eigenvalue weighted by Crippen LogP contribution is 2.40. The van der Waals surface area contributed by atoms with Crippen LogP contribution in [0.25, 0.3) is 10.1 Å². The molecular formula is C23H21N3OS2. The van der Waals surface area contributed by atoms with E-state index in [0.717, 1.165) is 28.0 Å².